The zero-order chi connectivity index (χ0) is 24.0. The Morgan fingerprint density at radius 3 is 2.26 bits per heavy atom. The molecule has 3 aromatic rings. The minimum atomic E-state index is -3.81. The number of benzene rings is 3. The molecule has 1 heterocycles. The van der Waals surface area contributed by atoms with Crippen molar-refractivity contribution in [2.45, 2.75) is 23.9 Å². The van der Waals surface area contributed by atoms with Gasteiger partial charge < -0.3 is 16.1 Å². The molecule has 2 atom stereocenters. The van der Waals surface area contributed by atoms with Crippen molar-refractivity contribution >= 4 is 27.6 Å². The molecule has 7 nitrogen and oxygen atoms in total. The van der Waals surface area contributed by atoms with Crippen LogP contribution in [-0.4, -0.2) is 40.8 Å². The molecule has 34 heavy (non-hydrogen) atoms. The SMILES string of the molecule is CN(c1ccccc1N(Cc1ccccc1)S(=O)(=O)c1ccccc1)C1CCNCC1/C=N\N. The fourth-order valence-electron chi connectivity index (χ4n) is 4.53. The zero-order valence-electron chi connectivity index (χ0n) is 19.3. The van der Waals surface area contributed by atoms with E-state index in [-0.39, 0.29) is 23.4 Å². The number of hydrogen-bond acceptors (Lipinski definition) is 6. The predicted octanol–water partition coefficient (Wildman–Crippen LogP) is 3.44. The summed E-state index contributed by atoms with van der Waals surface area (Å²) in [6.07, 6.45) is 2.67. The minimum absolute atomic E-state index is 0.116. The zero-order valence-corrected chi connectivity index (χ0v) is 20.1. The maximum atomic E-state index is 13.9. The molecule has 0 aliphatic carbocycles. The largest absolute Gasteiger partial charge is 0.369 e. The molecule has 0 spiro atoms. The molecule has 3 N–H and O–H groups in total. The van der Waals surface area contributed by atoms with E-state index in [9.17, 15) is 8.42 Å². The van der Waals surface area contributed by atoms with Crippen molar-refractivity contribution < 1.29 is 8.42 Å². The van der Waals surface area contributed by atoms with E-state index in [4.69, 9.17) is 5.84 Å². The van der Waals surface area contributed by atoms with Crippen LogP contribution in [0.25, 0.3) is 0 Å². The molecular formula is C26H31N5O2S. The summed E-state index contributed by atoms with van der Waals surface area (Å²) >= 11 is 0. The van der Waals surface area contributed by atoms with Crippen LogP contribution in [-0.2, 0) is 16.6 Å². The van der Waals surface area contributed by atoms with Crippen LogP contribution in [0.15, 0.2) is 94.9 Å². The van der Waals surface area contributed by atoms with Gasteiger partial charge in [0, 0.05) is 31.8 Å². The second kappa shape index (κ2) is 10.7. The number of piperidine rings is 1. The monoisotopic (exact) mass is 477 g/mol. The van der Waals surface area contributed by atoms with Gasteiger partial charge in [0.05, 0.1) is 22.8 Å². The van der Waals surface area contributed by atoms with Gasteiger partial charge in [0.2, 0.25) is 0 Å². The van der Waals surface area contributed by atoms with E-state index >= 15 is 0 Å². The first kappa shape index (κ1) is 23.8. The lowest BCUT2D eigenvalue weighted by atomic mass is 9.92. The average Bonchev–Trinajstić information content (AvgIpc) is 2.88. The van der Waals surface area contributed by atoms with Crippen molar-refractivity contribution in [2.75, 3.05) is 29.3 Å². The van der Waals surface area contributed by atoms with Crippen LogP contribution in [0.5, 0.6) is 0 Å². The Labute approximate surface area is 201 Å². The average molecular weight is 478 g/mol. The minimum Gasteiger partial charge on any atom is -0.369 e. The van der Waals surface area contributed by atoms with Gasteiger partial charge >= 0.3 is 0 Å². The lowest BCUT2D eigenvalue weighted by Crippen LogP contribution is -2.49. The summed E-state index contributed by atoms with van der Waals surface area (Å²) in [5.74, 6) is 5.60. The summed E-state index contributed by atoms with van der Waals surface area (Å²) in [6, 6.07) is 26.1. The van der Waals surface area contributed by atoms with E-state index in [1.807, 2.05) is 67.7 Å². The van der Waals surface area contributed by atoms with Crippen molar-refractivity contribution in [1.29, 1.82) is 0 Å². The van der Waals surface area contributed by atoms with E-state index in [0.29, 0.717) is 5.69 Å². The topological polar surface area (TPSA) is 91.0 Å². The van der Waals surface area contributed by atoms with E-state index < -0.39 is 10.0 Å². The number of para-hydroxylation sites is 2. The van der Waals surface area contributed by atoms with Gasteiger partial charge in [-0.2, -0.15) is 5.10 Å². The third-order valence-corrected chi connectivity index (χ3v) is 8.07. The quantitative estimate of drug-likeness (QED) is 0.295. The molecule has 4 rings (SSSR count). The number of hydrogen-bond donors (Lipinski definition) is 2. The van der Waals surface area contributed by atoms with Crippen LogP contribution in [0.1, 0.15) is 12.0 Å². The molecule has 0 saturated carbocycles. The van der Waals surface area contributed by atoms with Gasteiger partial charge in [0.25, 0.3) is 10.0 Å². The summed E-state index contributed by atoms with van der Waals surface area (Å²) in [7, 11) is -1.80. The van der Waals surface area contributed by atoms with Gasteiger partial charge in [-0.05, 0) is 42.8 Å². The maximum absolute atomic E-state index is 13.9. The number of nitrogens with zero attached hydrogens (tertiary/aromatic N) is 3. The Morgan fingerprint density at radius 1 is 0.971 bits per heavy atom. The Kier molecular flexibility index (Phi) is 7.49. The molecule has 1 saturated heterocycles. The highest BCUT2D eigenvalue weighted by atomic mass is 32.2. The summed E-state index contributed by atoms with van der Waals surface area (Å²) < 4.78 is 29.3. The molecule has 1 aliphatic heterocycles. The normalized spacial score (nSPS) is 18.6. The maximum Gasteiger partial charge on any atom is 0.264 e. The first-order valence-electron chi connectivity index (χ1n) is 11.4. The number of nitrogens with two attached hydrogens (primary N) is 1. The lowest BCUT2D eigenvalue weighted by Gasteiger charge is -2.39. The van der Waals surface area contributed by atoms with E-state index in [2.05, 4.69) is 15.3 Å². The fraction of sp³-hybridized carbons (Fsp3) is 0.269. The molecule has 2 unspecified atom stereocenters. The van der Waals surface area contributed by atoms with Gasteiger partial charge in [-0.1, -0.05) is 60.7 Å². The highest BCUT2D eigenvalue weighted by Gasteiger charge is 2.32. The van der Waals surface area contributed by atoms with Crippen molar-refractivity contribution in [3.05, 3.63) is 90.5 Å². The van der Waals surface area contributed by atoms with Crippen molar-refractivity contribution in [3.8, 4) is 0 Å². The second-order valence-electron chi connectivity index (χ2n) is 8.43. The van der Waals surface area contributed by atoms with Crippen LogP contribution in [0.2, 0.25) is 0 Å². The first-order chi connectivity index (χ1) is 16.5. The van der Waals surface area contributed by atoms with Crippen molar-refractivity contribution in [2.24, 2.45) is 16.9 Å². The third-order valence-electron chi connectivity index (χ3n) is 6.30. The smallest absolute Gasteiger partial charge is 0.264 e. The molecule has 1 fully saturated rings. The molecular weight excluding hydrogens is 446 g/mol. The highest BCUT2D eigenvalue weighted by Crippen LogP contribution is 2.36. The van der Waals surface area contributed by atoms with Gasteiger partial charge in [-0.3, -0.25) is 4.31 Å². The fourth-order valence-corrected chi connectivity index (χ4v) is 6.02. The van der Waals surface area contributed by atoms with Crippen LogP contribution in [0.3, 0.4) is 0 Å². The summed E-state index contributed by atoms with van der Waals surface area (Å²) in [5, 5.41) is 7.17. The number of hydrazone groups is 1. The second-order valence-corrected chi connectivity index (χ2v) is 10.3. The number of rotatable bonds is 8. The molecule has 3 aromatic carbocycles. The Bertz CT molecular complexity index is 1200. The molecule has 0 radical (unpaired) electrons. The predicted molar refractivity (Wildman–Crippen MR) is 139 cm³/mol. The summed E-state index contributed by atoms with van der Waals surface area (Å²) in [4.78, 5) is 2.43. The van der Waals surface area contributed by atoms with Crippen LogP contribution < -0.4 is 20.4 Å². The van der Waals surface area contributed by atoms with Crippen LogP contribution in [0, 0.1) is 5.92 Å². The summed E-state index contributed by atoms with van der Waals surface area (Å²) in [6.45, 7) is 1.87. The van der Waals surface area contributed by atoms with Crippen molar-refractivity contribution in [3.63, 3.8) is 0 Å². The Balaban J connectivity index is 1.80. The first-order valence-corrected chi connectivity index (χ1v) is 12.8. The number of anilines is 2. The summed E-state index contributed by atoms with van der Waals surface area (Å²) in [5.41, 5.74) is 2.40. The van der Waals surface area contributed by atoms with Gasteiger partial charge in [-0.25, -0.2) is 8.42 Å². The molecule has 1 aliphatic rings. The molecule has 0 amide bonds. The number of sulfonamides is 1. The lowest BCUT2D eigenvalue weighted by molar-refractivity contribution is 0.391. The van der Waals surface area contributed by atoms with E-state index in [0.717, 1.165) is 30.8 Å². The Morgan fingerprint density at radius 2 is 1.59 bits per heavy atom. The standard InChI is InChI=1S/C26H31N5O2S/c1-30(24-16-17-28-18-22(24)19-29-27)25-14-8-9-15-26(25)31(20-21-10-4-2-5-11-21)34(32,33)23-12-6-3-7-13-23/h2-15,19,22,24,28H,16-18,20,27H2,1H3/b29-19-. The molecule has 0 bridgehead atoms. The molecule has 178 valence electrons. The van der Waals surface area contributed by atoms with Crippen molar-refractivity contribution in [1.82, 2.24) is 5.32 Å². The van der Waals surface area contributed by atoms with Crippen LogP contribution in [0.4, 0.5) is 11.4 Å². The third kappa shape index (κ3) is 5.08. The molecule has 8 heteroatoms. The highest BCUT2D eigenvalue weighted by molar-refractivity contribution is 7.92. The van der Waals surface area contributed by atoms with Gasteiger partial charge in [-0.15, -0.1) is 0 Å². The van der Waals surface area contributed by atoms with Crippen LogP contribution >= 0.6 is 0 Å². The van der Waals surface area contributed by atoms with Gasteiger partial charge in [0.1, 0.15) is 0 Å². The van der Waals surface area contributed by atoms with E-state index in [1.54, 1.807) is 30.5 Å². The van der Waals surface area contributed by atoms with E-state index in [1.165, 1.54) is 4.31 Å². The number of nitrogens with one attached hydrogen (secondary N) is 1. The molecule has 0 aromatic heterocycles. The van der Waals surface area contributed by atoms with Gasteiger partial charge in [0.15, 0.2) is 0 Å². The Hall–Kier alpha value is -3.36.